The van der Waals surface area contributed by atoms with E-state index in [1.807, 2.05) is 30.3 Å². The van der Waals surface area contributed by atoms with Gasteiger partial charge in [-0.2, -0.15) is 10.5 Å². The second-order valence-corrected chi connectivity index (χ2v) is 5.20. The third-order valence-electron chi connectivity index (χ3n) is 3.82. The van der Waals surface area contributed by atoms with Crippen LogP contribution >= 0.6 is 0 Å². The van der Waals surface area contributed by atoms with Gasteiger partial charge in [-0.25, -0.2) is 5.87 Å². The first-order chi connectivity index (χ1) is 11.0. The maximum atomic E-state index is 12.1. The van der Waals surface area contributed by atoms with Gasteiger partial charge in [0.25, 0.3) is 0 Å². The van der Waals surface area contributed by atoms with Crippen LogP contribution in [0.25, 0.3) is 5.41 Å². The van der Waals surface area contributed by atoms with Crippen LogP contribution < -0.4 is 0 Å². The fraction of sp³-hybridized carbons (Fsp3) is 0.222. The zero-order chi connectivity index (χ0) is 17.0. The van der Waals surface area contributed by atoms with Crippen molar-refractivity contribution in [2.45, 2.75) is 19.8 Å². The van der Waals surface area contributed by atoms with Crippen molar-refractivity contribution in [2.75, 3.05) is 0 Å². The highest BCUT2D eigenvalue weighted by molar-refractivity contribution is 6.06. The Morgan fingerprint density at radius 1 is 1.26 bits per heavy atom. The van der Waals surface area contributed by atoms with Gasteiger partial charge in [-0.05, 0) is 19.4 Å². The first-order valence-electron chi connectivity index (χ1n) is 6.97. The van der Waals surface area contributed by atoms with Crippen molar-refractivity contribution in [3.8, 4) is 12.1 Å². The lowest BCUT2D eigenvalue weighted by Crippen LogP contribution is -2.31. The van der Waals surface area contributed by atoms with E-state index in [0.29, 0.717) is 5.71 Å². The summed E-state index contributed by atoms with van der Waals surface area (Å²) in [5.41, 5.74) is 1.32. The highest BCUT2D eigenvalue weighted by atomic mass is 16.1. The highest BCUT2D eigenvalue weighted by Crippen LogP contribution is 2.40. The molecule has 1 unspecified atom stereocenters. The molecule has 1 aromatic carbocycles. The lowest BCUT2D eigenvalue weighted by Gasteiger charge is -2.30. The molecule has 0 spiro atoms. The van der Waals surface area contributed by atoms with E-state index in [9.17, 15) is 10.1 Å². The maximum absolute atomic E-state index is 12.1. The molecule has 0 fully saturated rings. The van der Waals surface area contributed by atoms with Crippen molar-refractivity contribution >= 4 is 17.4 Å². The monoisotopic (exact) mass is 301 g/mol. The number of Topliss-reactive ketones (excluding diaryl/α,β-unsaturated/α-hetero) is 1. The second kappa shape index (κ2) is 6.66. The fourth-order valence-corrected chi connectivity index (χ4v) is 2.85. The first kappa shape index (κ1) is 16.1. The molecule has 1 aliphatic heterocycles. The van der Waals surface area contributed by atoms with Crippen LogP contribution in [0.3, 0.4) is 0 Å². The van der Waals surface area contributed by atoms with Crippen LogP contribution in [-0.2, 0) is 4.79 Å². The number of aliphatic imine (C=N–C) groups is 1. The Kier molecular flexibility index (Phi) is 4.66. The van der Waals surface area contributed by atoms with E-state index in [4.69, 9.17) is 10.7 Å². The molecule has 23 heavy (non-hydrogen) atoms. The van der Waals surface area contributed by atoms with Crippen LogP contribution in [0.15, 0.2) is 52.2 Å². The number of hydrogen-bond donors (Lipinski definition) is 0. The van der Waals surface area contributed by atoms with Gasteiger partial charge in [0, 0.05) is 11.6 Å². The lowest BCUT2D eigenvalue weighted by molar-refractivity contribution is -0.119. The molecule has 0 saturated heterocycles. The fourth-order valence-electron chi connectivity index (χ4n) is 2.85. The molecule has 1 aromatic rings. The SMILES string of the molecule is CC(=O)C1C(C)=NC(C(=C=[N-])C#N)=C(C#N)[C@@H]1c1ccccc1. The molecule has 0 saturated carbocycles. The van der Waals surface area contributed by atoms with Crippen LogP contribution in [0.1, 0.15) is 25.3 Å². The van der Waals surface area contributed by atoms with Crippen LogP contribution in [-0.4, -0.2) is 17.4 Å². The Morgan fingerprint density at radius 2 is 1.91 bits per heavy atom. The van der Waals surface area contributed by atoms with Gasteiger partial charge < -0.3 is 5.41 Å². The molecule has 0 aliphatic carbocycles. The summed E-state index contributed by atoms with van der Waals surface area (Å²) in [5, 5.41) is 27.8. The zero-order valence-corrected chi connectivity index (χ0v) is 12.7. The predicted molar refractivity (Wildman–Crippen MR) is 86.6 cm³/mol. The summed E-state index contributed by atoms with van der Waals surface area (Å²) in [4.78, 5) is 16.3. The second-order valence-electron chi connectivity index (χ2n) is 5.20. The number of carbonyl (C=O) groups excluding carboxylic acids is 1. The Hall–Kier alpha value is -3.27. The number of allylic oxidation sites excluding steroid dienone is 2. The van der Waals surface area contributed by atoms with E-state index in [-0.39, 0.29) is 22.6 Å². The Bertz CT molecular complexity index is 843. The summed E-state index contributed by atoms with van der Waals surface area (Å²) in [5.74, 6) is 0.554. The molecule has 2 atom stereocenters. The number of ketones is 1. The summed E-state index contributed by atoms with van der Waals surface area (Å²) in [6.07, 6.45) is 0. The number of rotatable bonds is 3. The summed E-state index contributed by atoms with van der Waals surface area (Å²) in [7, 11) is 0. The van der Waals surface area contributed by atoms with Crippen LogP contribution in [0.4, 0.5) is 0 Å². The van der Waals surface area contributed by atoms with E-state index >= 15 is 0 Å². The summed E-state index contributed by atoms with van der Waals surface area (Å²) in [6, 6.07) is 13.0. The molecule has 0 amide bonds. The van der Waals surface area contributed by atoms with Gasteiger partial charge in [-0.1, -0.05) is 30.3 Å². The van der Waals surface area contributed by atoms with Crippen LogP contribution in [0.2, 0.25) is 0 Å². The average Bonchev–Trinajstić information content (AvgIpc) is 2.55. The third kappa shape index (κ3) is 2.87. The topological polar surface area (TPSA) is 99.3 Å². The van der Waals surface area contributed by atoms with Crippen molar-refractivity contribution in [1.29, 1.82) is 10.5 Å². The lowest BCUT2D eigenvalue weighted by atomic mass is 9.74. The standard InChI is InChI=1S/C18H13N4O/c1-11-16(12(2)23)17(13-6-4-3-5-7-13)15(10-21)18(22-11)14(8-19)9-20/h3-7,16-17H,1-2H3/q-1/t16?,17-/m0/s1. The van der Waals surface area contributed by atoms with E-state index in [0.717, 1.165) is 5.56 Å². The molecule has 1 heterocycles. The van der Waals surface area contributed by atoms with Crippen molar-refractivity contribution < 1.29 is 4.79 Å². The number of nitriles is 2. The van der Waals surface area contributed by atoms with E-state index in [1.165, 1.54) is 6.92 Å². The maximum Gasteiger partial charge on any atom is 0.139 e. The minimum absolute atomic E-state index is 0.0707. The van der Waals surface area contributed by atoms with Gasteiger partial charge >= 0.3 is 0 Å². The summed E-state index contributed by atoms with van der Waals surface area (Å²) >= 11 is 0. The molecule has 1 aliphatic rings. The van der Waals surface area contributed by atoms with Gasteiger partial charge in [0.1, 0.15) is 17.5 Å². The van der Waals surface area contributed by atoms with Crippen LogP contribution in [0.5, 0.6) is 0 Å². The molecule has 5 heteroatoms. The van der Waals surface area contributed by atoms with Crippen molar-refractivity contribution in [3.63, 3.8) is 0 Å². The number of benzene rings is 1. The largest absolute Gasteiger partial charge is 0.762 e. The molecular weight excluding hydrogens is 288 g/mol. The Balaban J connectivity index is 2.79. The van der Waals surface area contributed by atoms with Gasteiger partial charge in [0.05, 0.1) is 23.1 Å². The highest BCUT2D eigenvalue weighted by Gasteiger charge is 2.38. The summed E-state index contributed by atoms with van der Waals surface area (Å²) in [6.45, 7) is 3.14. The molecule has 0 radical (unpaired) electrons. The normalized spacial score (nSPS) is 19.9. The minimum Gasteiger partial charge on any atom is -0.762 e. The third-order valence-corrected chi connectivity index (χ3v) is 3.82. The number of carbonyl (C=O) groups is 1. The molecular formula is C18H13N4O-. The molecule has 0 N–H and O–H groups in total. The van der Waals surface area contributed by atoms with Crippen LogP contribution in [0, 0.1) is 28.6 Å². The van der Waals surface area contributed by atoms with Gasteiger partial charge in [-0.15, -0.1) is 0 Å². The van der Waals surface area contributed by atoms with Crippen molar-refractivity contribution in [3.05, 3.63) is 58.1 Å². The Labute approximate surface area is 134 Å². The van der Waals surface area contributed by atoms with Gasteiger partial charge in [0.15, 0.2) is 0 Å². The molecule has 5 nitrogen and oxygen atoms in total. The number of nitrogens with zero attached hydrogens (tertiary/aromatic N) is 4. The van der Waals surface area contributed by atoms with E-state index < -0.39 is 11.8 Å². The van der Waals surface area contributed by atoms with E-state index in [2.05, 4.69) is 11.1 Å². The molecule has 0 aromatic heterocycles. The zero-order valence-electron chi connectivity index (χ0n) is 12.7. The molecule has 0 bridgehead atoms. The van der Waals surface area contributed by atoms with E-state index in [1.54, 1.807) is 18.9 Å². The average molecular weight is 301 g/mol. The number of hydrogen-bond acceptors (Lipinski definition) is 4. The Morgan fingerprint density at radius 3 is 2.39 bits per heavy atom. The predicted octanol–water partition coefficient (Wildman–Crippen LogP) is 2.92. The van der Waals surface area contributed by atoms with Gasteiger partial charge in [-0.3, -0.25) is 9.79 Å². The molecule has 112 valence electrons. The van der Waals surface area contributed by atoms with Gasteiger partial charge in [0.2, 0.25) is 0 Å². The van der Waals surface area contributed by atoms with Crippen molar-refractivity contribution in [2.24, 2.45) is 10.9 Å². The first-order valence-corrected chi connectivity index (χ1v) is 6.97. The minimum atomic E-state index is -0.575. The van der Waals surface area contributed by atoms with Crippen molar-refractivity contribution in [1.82, 2.24) is 0 Å². The quantitative estimate of drug-likeness (QED) is 0.633. The smallest absolute Gasteiger partial charge is 0.139 e. The summed E-state index contributed by atoms with van der Waals surface area (Å²) < 4.78 is 0. The molecule has 2 rings (SSSR count).